The van der Waals surface area contributed by atoms with E-state index in [4.69, 9.17) is 5.11 Å². The van der Waals surface area contributed by atoms with Crippen LogP contribution in [0.4, 0.5) is 0 Å². The fraction of sp³-hybridized carbons (Fsp3) is 0.308. The van der Waals surface area contributed by atoms with Crippen LogP contribution >= 0.6 is 15.9 Å². The predicted octanol–water partition coefficient (Wildman–Crippen LogP) is 3.42. The molecule has 0 aromatic heterocycles. The molecule has 1 rings (SSSR count). The van der Waals surface area contributed by atoms with Gasteiger partial charge in [0, 0.05) is 11.4 Å². The van der Waals surface area contributed by atoms with E-state index < -0.39 is 5.97 Å². The molecule has 0 amide bonds. The Kier molecular flexibility index (Phi) is 5.26. The zero-order valence-electron chi connectivity index (χ0n) is 9.24. The van der Waals surface area contributed by atoms with E-state index in [1.165, 1.54) is 17.2 Å². The minimum Gasteiger partial charge on any atom is -0.478 e. The lowest BCUT2D eigenvalue weighted by atomic mass is 9.98. The highest BCUT2D eigenvalue weighted by molar-refractivity contribution is 9.09. The van der Waals surface area contributed by atoms with Crippen molar-refractivity contribution in [1.82, 2.24) is 0 Å². The molecule has 0 unspecified atom stereocenters. The lowest BCUT2D eigenvalue weighted by Crippen LogP contribution is -1.95. The number of benzene rings is 1. The van der Waals surface area contributed by atoms with Gasteiger partial charge >= 0.3 is 5.97 Å². The summed E-state index contributed by atoms with van der Waals surface area (Å²) in [6.45, 7) is 2.06. The lowest BCUT2D eigenvalue weighted by molar-refractivity contribution is -0.131. The van der Waals surface area contributed by atoms with Crippen LogP contribution in [-0.4, -0.2) is 16.4 Å². The molecule has 0 aliphatic rings. The summed E-state index contributed by atoms with van der Waals surface area (Å²) in [5.41, 5.74) is 3.45. The molecule has 0 aliphatic heterocycles. The topological polar surface area (TPSA) is 37.3 Å². The molecule has 0 fully saturated rings. The van der Waals surface area contributed by atoms with Crippen LogP contribution in [0.2, 0.25) is 0 Å². The van der Waals surface area contributed by atoms with Gasteiger partial charge in [0.15, 0.2) is 0 Å². The highest BCUT2D eigenvalue weighted by atomic mass is 79.9. The first-order valence-electron chi connectivity index (χ1n) is 5.20. The zero-order valence-corrected chi connectivity index (χ0v) is 10.8. The second-order valence-electron chi connectivity index (χ2n) is 3.61. The number of halogens is 1. The highest BCUT2D eigenvalue weighted by Gasteiger charge is 2.03. The van der Waals surface area contributed by atoms with E-state index in [-0.39, 0.29) is 0 Å². The van der Waals surface area contributed by atoms with Crippen LogP contribution in [0.1, 0.15) is 23.1 Å². The van der Waals surface area contributed by atoms with Crippen molar-refractivity contribution in [2.24, 2.45) is 0 Å². The van der Waals surface area contributed by atoms with Crippen LogP contribution < -0.4 is 0 Å². The summed E-state index contributed by atoms with van der Waals surface area (Å²) in [5.74, 6) is -0.909. The van der Waals surface area contributed by atoms with Crippen molar-refractivity contribution in [3.63, 3.8) is 0 Å². The van der Waals surface area contributed by atoms with E-state index in [0.717, 1.165) is 23.7 Å². The van der Waals surface area contributed by atoms with Gasteiger partial charge in [-0.2, -0.15) is 0 Å². The molecule has 1 N–H and O–H groups in total. The molecule has 3 heteroatoms. The van der Waals surface area contributed by atoms with Crippen LogP contribution in [0, 0.1) is 6.92 Å². The number of hydrogen-bond acceptors (Lipinski definition) is 1. The minimum atomic E-state index is -0.909. The molecule has 0 radical (unpaired) electrons. The summed E-state index contributed by atoms with van der Waals surface area (Å²) in [4.78, 5) is 10.5. The van der Waals surface area contributed by atoms with Gasteiger partial charge in [-0.05, 0) is 42.5 Å². The molecule has 1 aromatic rings. The third-order valence-corrected chi connectivity index (χ3v) is 2.97. The summed E-state index contributed by atoms with van der Waals surface area (Å²) >= 11 is 3.41. The van der Waals surface area contributed by atoms with Gasteiger partial charge in [0.25, 0.3) is 0 Å². The van der Waals surface area contributed by atoms with Crippen molar-refractivity contribution in [3.05, 3.63) is 41.0 Å². The number of aliphatic carboxylic acids is 1. The third-order valence-electron chi connectivity index (χ3n) is 2.41. The van der Waals surface area contributed by atoms with Gasteiger partial charge in [-0.1, -0.05) is 34.1 Å². The van der Waals surface area contributed by atoms with E-state index in [0.29, 0.717) is 0 Å². The maximum Gasteiger partial charge on any atom is 0.328 e. The molecule has 0 atom stereocenters. The van der Waals surface area contributed by atoms with Crippen LogP contribution in [0.25, 0.3) is 6.08 Å². The first-order valence-corrected chi connectivity index (χ1v) is 6.32. The van der Waals surface area contributed by atoms with E-state index >= 15 is 0 Å². The maximum absolute atomic E-state index is 10.5. The summed E-state index contributed by atoms with van der Waals surface area (Å²) in [6.07, 6.45) is 4.88. The SMILES string of the molecule is Cc1cccc(/C=C/C(=O)O)c1CCCBr. The number of carboxylic acid groups (broad SMARTS) is 1. The molecule has 86 valence electrons. The van der Waals surface area contributed by atoms with Gasteiger partial charge in [-0.15, -0.1) is 0 Å². The van der Waals surface area contributed by atoms with Gasteiger partial charge in [-0.25, -0.2) is 4.79 Å². The number of hydrogen-bond donors (Lipinski definition) is 1. The summed E-state index contributed by atoms with van der Waals surface area (Å²) < 4.78 is 0. The van der Waals surface area contributed by atoms with E-state index in [2.05, 4.69) is 28.9 Å². The van der Waals surface area contributed by atoms with Crippen molar-refractivity contribution >= 4 is 28.0 Å². The molecule has 0 saturated carbocycles. The first kappa shape index (κ1) is 13.0. The van der Waals surface area contributed by atoms with Crippen molar-refractivity contribution in [3.8, 4) is 0 Å². The first-order chi connectivity index (χ1) is 7.65. The Labute approximate surface area is 104 Å². The molecule has 0 saturated heterocycles. The number of aryl methyl sites for hydroxylation is 1. The molecule has 1 aromatic carbocycles. The average Bonchev–Trinajstić information content (AvgIpc) is 2.25. The van der Waals surface area contributed by atoms with Crippen molar-refractivity contribution in [1.29, 1.82) is 0 Å². The number of carboxylic acids is 1. The fourth-order valence-electron chi connectivity index (χ4n) is 1.63. The zero-order chi connectivity index (χ0) is 12.0. The maximum atomic E-state index is 10.5. The molecule has 16 heavy (non-hydrogen) atoms. The van der Waals surface area contributed by atoms with Crippen LogP contribution in [0.3, 0.4) is 0 Å². The second-order valence-corrected chi connectivity index (χ2v) is 4.40. The number of alkyl halides is 1. The molecule has 0 heterocycles. The molecule has 2 nitrogen and oxygen atoms in total. The van der Waals surface area contributed by atoms with E-state index in [1.807, 2.05) is 12.1 Å². The van der Waals surface area contributed by atoms with E-state index in [9.17, 15) is 4.79 Å². The summed E-state index contributed by atoms with van der Waals surface area (Å²) in [5, 5.41) is 9.58. The molecular formula is C13H15BrO2. The molecule has 0 spiro atoms. The Morgan fingerprint density at radius 3 is 2.88 bits per heavy atom. The van der Waals surface area contributed by atoms with Crippen LogP contribution in [-0.2, 0) is 11.2 Å². The molecular weight excluding hydrogens is 268 g/mol. The monoisotopic (exact) mass is 282 g/mol. The summed E-state index contributed by atoms with van der Waals surface area (Å²) in [7, 11) is 0. The Bertz CT molecular complexity index is 397. The predicted molar refractivity (Wildman–Crippen MR) is 70.0 cm³/mol. The van der Waals surface area contributed by atoms with Gasteiger partial charge in [0.1, 0.15) is 0 Å². The molecule has 0 aliphatic carbocycles. The van der Waals surface area contributed by atoms with Crippen molar-refractivity contribution in [2.75, 3.05) is 5.33 Å². The Morgan fingerprint density at radius 2 is 2.25 bits per heavy atom. The van der Waals surface area contributed by atoms with Crippen molar-refractivity contribution < 1.29 is 9.90 Å². The van der Waals surface area contributed by atoms with Gasteiger partial charge < -0.3 is 5.11 Å². The smallest absolute Gasteiger partial charge is 0.328 e. The third kappa shape index (κ3) is 3.81. The largest absolute Gasteiger partial charge is 0.478 e. The van der Waals surface area contributed by atoms with Crippen molar-refractivity contribution in [2.45, 2.75) is 19.8 Å². The Morgan fingerprint density at radius 1 is 1.50 bits per heavy atom. The van der Waals surface area contributed by atoms with E-state index in [1.54, 1.807) is 6.08 Å². The van der Waals surface area contributed by atoms with Crippen LogP contribution in [0.5, 0.6) is 0 Å². The lowest BCUT2D eigenvalue weighted by Gasteiger charge is -2.08. The normalized spacial score (nSPS) is 10.9. The van der Waals surface area contributed by atoms with Gasteiger partial charge in [-0.3, -0.25) is 0 Å². The quantitative estimate of drug-likeness (QED) is 0.664. The number of rotatable bonds is 5. The van der Waals surface area contributed by atoms with Crippen LogP contribution in [0.15, 0.2) is 24.3 Å². The highest BCUT2D eigenvalue weighted by Crippen LogP contribution is 2.18. The Hall–Kier alpha value is -1.09. The van der Waals surface area contributed by atoms with Gasteiger partial charge in [0.2, 0.25) is 0 Å². The fourth-order valence-corrected chi connectivity index (χ4v) is 1.91. The number of carbonyl (C=O) groups is 1. The van der Waals surface area contributed by atoms with Gasteiger partial charge in [0.05, 0.1) is 0 Å². The molecule has 0 bridgehead atoms. The summed E-state index contributed by atoms with van der Waals surface area (Å²) in [6, 6.07) is 5.96. The minimum absolute atomic E-state index is 0.909. The standard InChI is InChI=1S/C13H15BrO2/c1-10-4-2-5-11(7-8-13(15)16)12(10)6-3-9-14/h2,4-5,7-8H,3,6,9H2,1H3,(H,15,16)/b8-7+. The second kappa shape index (κ2) is 6.48. The Balaban J connectivity index is 2.97. The average molecular weight is 283 g/mol.